The van der Waals surface area contributed by atoms with Crippen molar-refractivity contribution >= 4 is 17.7 Å². The van der Waals surface area contributed by atoms with Gasteiger partial charge >= 0.3 is 12.3 Å². The van der Waals surface area contributed by atoms with Crippen LogP contribution in [0, 0.1) is 0 Å². The Bertz CT molecular complexity index is 765. The van der Waals surface area contributed by atoms with Crippen LogP contribution in [0.5, 0.6) is 0 Å². The third kappa shape index (κ3) is 4.42. The average molecular weight is 398 g/mol. The van der Waals surface area contributed by atoms with Crippen molar-refractivity contribution in [1.82, 2.24) is 5.32 Å². The number of alkyl halides is 3. The van der Waals surface area contributed by atoms with Crippen molar-refractivity contribution in [3.63, 3.8) is 0 Å². The molecule has 2 amide bonds. The van der Waals surface area contributed by atoms with Crippen molar-refractivity contribution in [2.24, 2.45) is 0 Å². The SMILES string of the molecule is CC(C)(C)OC(=O)NC1Cc2ccc(C(F)(F)F)cc2N(C2CCCC2)C1=O. The largest absolute Gasteiger partial charge is 0.444 e. The molecule has 0 bridgehead atoms. The molecule has 5 nitrogen and oxygen atoms in total. The van der Waals surface area contributed by atoms with Crippen LogP contribution in [-0.4, -0.2) is 29.7 Å². The third-order valence-electron chi connectivity index (χ3n) is 5.01. The van der Waals surface area contributed by atoms with Gasteiger partial charge < -0.3 is 15.0 Å². The van der Waals surface area contributed by atoms with Crippen LogP contribution >= 0.6 is 0 Å². The fourth-order valence-electron chi connectivity index (χ4n) is 3.83. The summed E-state index contributed by atoms with van der Waals surface area (Å²) in [6.45, 7) is 5.15. The molecule has 3 rings (SSSR count). The van der Waals surface area contributed by atoms with Crippen molar-refractivity contribution in [3.8, 4) is 0 Å². The second kappa shape index (κ2) is 7.29. The average Bonchev–Trinajstić information content (AvgIpc) is 3.06. The first-order chi connectivity index (χ1) is 13.0. The van der Waals surface area contributed by atoms with Gasteiger partial charge in [0.15, 0.2) is 0 Å². The Hall–Kier alpha value is -2.25. The van der Waals surface area contributed by atoms with Crippen molar-refractivity contribution in [3.05, 3.63) is 29.3 Å². The first-order valence-electron chi connectivity index (χ1n) is 9.48. The fraction of sp³-hybridized carbons (Fsp3) is 0.600. The van der Waals surface area contributed by atoms with E-state index < -0.39 is 29.5 Å². The van der Waals surface area contributed by atoms with Crippen molar-refractivity contribution in [1.29, 1.82) is 0 Å². The highest BCUT2D eigenvalue weighted by atomic mass is 19.4. The summed E-state index contributed by atoms with van der Waals surface area (Å²) in [5.74, 6) is -0.385. The smallest absolute Gasteiger partial charge is 0.416 e. The van der Waals surface area contributed by atoms with Gasteiger partial charge in [-0.1, -0.05) is 18.9 Å². The number of hydrogen-bond acceptors (Lipinski definition) is 3. The molecule has 1 fully saturated rings. The van der Waals surface area contributed by atoms with Gasteiger partial charge in [0.25, 0.3) is 0 Å². The molecule has 1 aliphatic heterocycles. The Balaban J connectivity index is 1.92. The van der Waals surface area contributed by atoms with Crippen LogP contribution in [0.25, 0.3) is 0 Å². The number of carbonyl (C=O) groups is 2. The molecule has 1 atom stereocenters. The maximum Gasteiger partial charge on any atom is 0.416 e. The quantitative estimate of drug-likeness (QED) is 0.802. The number of benzene rings is 1. The molecule has 0 radical (unpaired) electrons. The predicted molar refractivity (Wildman–Crippen MR) is 98.0 cm³/mol. The maximum absolute atomic E-state index is 13.2. The van der Waals surface area contributed by atoms with E-state index in [1.54, 1.807) is 20.8 Å². The number of halogens is 3. The predicted octanol–water partition coefficient (Wildman–Crippen LogP) is 4.43. The van der Waals surface area contributed by atoms with Gasteiger partial charge in [0.05, 0.1) is 5.56 Å². The van der Waals surface area contributed by atoms with Crippen LogP contribution in [0.2, 0.25) is 0 Å². The highest BCUT2D eigenvalue weighted by molar-refractivity contribution is 6.02. The summed E-state index contributed by atoms with van der Waals surface area (Å²) in [5.41, 5.74) is -0.581. The normalized spacial score (nSPS) is 20.9. The van der Waals surface area contributed by atoms with E-state index in [1.807, 2.05) is 0 Å². The first kappa shape index (κ1) is 20.5. The zero-order chi connectivity index (χ0) is 20.7. The van der Waals surface area contributed by atoms with E-state index in [-0.39, 0.29) is 18.4 Å². The maximum atomic E-state index is 13.2. The molecule has 1 aromatic carbocycles. The molecule has 1 unspecified atom stereocenters. The number of hydrogen-bond donors (Lipinski definition) is 1. The van der Waals surface area contributed by atoms with Crippen LogP contribution in [-0.2, 0) is 22.1 Å². The van der Waals surface area contributed by atoms with Crippen LogP contribution in [0.15, 0.2) is 18.2 Å². The number of nitrogens with one attached hydrogen (secondary N) is 1. The number of rotatable bonds is 2. The molecule has 0 aromatic heterocycles. The summed E-state index contributed by atoms with van der Waals surface area (Å²) in [7, 11) is 0. The first-order valence-corrected chi connectivity index (χ1v) is 9.48. The minimum absolute atomic E-state index is 0.134. The van der Waals surface area contributed by atoms with Gasteiger partial charge in [0.1, 0.15) is 11.6 Å². The number of alkyl carbamates (subject to hydrolysis) is 1. The van der Waals surface area contributed by atoms with Gasteiger partial charge in [0.2, 0.25) is 5.91 Å². The number of carbonyl (C=O) groups excluding carboxylic acids is 2. The molecule has 1 heterocycles. The highest BCUT2D eigenvalue weighted by Crippen LogP contribution is 2.39. The summed E-state index contributed by atoms with van der Waals surface area (Å²) < 4.78 is 44.8. The van der Waals surface area contributed by atoms with Crippen LogP contribution in [0.3, 0.4) is 0 Å². The number of fused-ring (bicyclic) bond motifs is 1. The zero-order valence-electron chi connectivity index (χ0n) is 16.2. The molecule has 1 saturated carbocycles. The van der Waals surface area contributed by atoms with Crippen molar-refractivity contribution < 1.29 is 27.5 Å². The van der Waals surface area contributed by atoms with Gasteiger partial charge in [-0.3, -0.25) is 4.79 Å². The molecule has 1 aromatic rings. The van der Waals surface area contributed by atoms with E-state index in [9.17, 15) is 22.8 Å². The van der Waals surface area contributed by atoms with E-state index in [0.29, 0.717) is 11.3 Å². The van der Waals surface area contributed by atoms with Crippen molar-refractivity contribution in [2.75, 3.05) is 4.90 Å². The van der Waals surface area contributed by atoms with Crippen LogP contribution < -0.4 is 10.2 Å². The second-order valence-corrected chi connectivity index (χ2v) is 8.39. The number of ether oxygens (including phenoxy) is 1. The van der Waals surface area contributed by atoms with Crippen molar-refractivity contribution in [2.45, 2.75) is 76.7 Å². The molecule has 0 saturated heterocycles. The summed E-state index contributed by atoms with van der Waals surface area (Å²) in [4.78, 5) is 26.7. The van der Waals surface area contributed by atoms with E-state index in [1.165, 1.54) is 11.0 Å². The monoisotopic (exact) mass is 398 g/mol. The zero-order valence-corrected chi connectivity index (χ0v) is 16.2. The van der Waals surface area contributed by atoms with E-state index in [2.05, 4.69) is 5.32 Å². The fourth-order valence-corrected chi connectivity index (χ4v) is 3.83. The highest BCUT2D eigenvalue weighted by Gasteiger charge is 2.41. The lowest BCUT2D eigenvalue weighted by Gasteiger charge is -2.38. The Morgan fingerprint density at radius 2 is 1.82 bits per heavy atom. The molecule has 154 valence electrons. The topological polar surface area (TPSA) is 58.6 Å². The van der Waals surface area contributed by atoms with Gasteiger partial charge in [-0.25, -0.2) is 4.79 Å². The van der Waals surface area contributed by atoms with E-state index in [4.69, 9.17) is 4.74 Å². The Labute approximate surface area is 162 Å². The Morgan fingerprint density at radius 1 is 1.18 bits per heavy atom. The second-order valence-electron chi connectivity index (χ2n) is 8.39. The van der Waals surface area contributed by atoms with Gasteiger partial charge in [0, 0.05) is 18.2 Å². The van der Waals surface area contributed by atoms with Gasteiger partial charge in [-0.2, -0.15) is 13.2 Å². The number of anilines is 1. The molecule has 2 aliphatic rings. The minimum atomic E-state index is -4.48. The summed E-state index contributed by atoms with van der Waals surface area (Å²) in [6, 6.07) is 2.45. The van der Waals surface area contributed by atoms with E-state index >= 15 is 0 Å². The summed E-state index contributed by atoms with van der Waals surface area (Å²) >= 11 is 0. The standard InChI is InChI=1S/C20H25F3N2O3/c1-19(2,3)28-18(27)24-15-10-12-8-9-13(20(21,22)23)11-16(12)25(17(15)26)14-6-4-5-7-14/h8-9,11,14-15H,4-7,10H2,1-3H3,(H,24,27). The molecule has 8 heteroatoms. The Kier molecular flexibility index (Phi) is 5.34. The third-order valence-corrected chi connectivity index (χ3v) is 5.01. The van der Waals surface area contributed by atoms with Crippen LogP contribution in [0.1, 0.15) is 57.6 Å². The molecule has 28 heavy (non-hydrogen) atoms. The van der Waals surface area contributed by atoms with Gasteiger partial charge in [-0.05, 0) is 51.3 Å². The summed E-state index contributed by atoms with van der Waals surface area (Å²) in [6.07, 6.45) is -1.74. The molecular weight excluding hydrogens is 373 g/mol. The van der Waals surface area contributed by atoms with Crippen LogP contribution in [0.4, 0.5) is 23.7 Å². The lowest BCUT2D eigenvalue weighted by atomic mass is 9.93. The van der Waals surface area contributed by atoms with E-state index in [0.717, 1.165) is 37.8 Å². The number of nitrogens with zero attached hydrogens (tertiary/aromatic N) is 1. The minimum Gasteiger partial charge on any atom is -0.444 e. The van der Waals surface area contributed by atoms with Gasteiger partial charge in [-0.15, -0.1) is 0 Å². The Morgan fingerprint density at radius 3 is 2.39 bits per heavy atom. The summed E-state index contributed by atoms with van der Waals surface area (Å²) in [5, 5.41) is 2.59. The molecule has 0 spiro atoms. The molecular formula is C20H25F3N2O3. The number of amides is 2. The lowest BCUT2D eigenvalue weighted by Crippen LogP contribution is -2.56. The molecule has 1 N–H and O–H groups in total. The lowest BCUT2D eigenvalue weighted by molar-refractivity contribution is -0.137. The molecule has 1 aliphatic carbocycles.